The lowest BCUT2D eigenvalue weighted by Crippen LogP contribution is -2.12. The molecular weight excluding hydrogens is 176 g/mol. The average molecular weight is 194 g/mol. The van der Waals surface area contributed by atoms with Crippen molar-refractivity contribution in [1.29, 1.82) is 0 Å². The van der Waals surface area contributed by atoms with Gasteiger partial charge >= 0.3 is 0 Å². The van der Waals surface area contributed by atoms with Gasteiger partial charge in [0.15, 0.2) is 0 Å². The molecule has 14 heavy (non-hydrogen) atoms. The Labute approximate surface area is 84.9 Å². The van der Waals surface area contributed by atoms with Crippen molar-refractivity contribution in [2.24, 2.45) is 5.84 Å². The number of nitrogens with two attached hydrogens (primary N) is 1. The summed E-state index contributed by atoms with van der Waals surface area (Å²) >= 11 is 0. The summed E-state index contributed by atoms with van der Waals surface area (Å²) in [7, 11) is 0. The molecule has 4 heteroatoms. The SMILES string of the molecule is CCC(CC)c1nc(C)cc(NN)n1. The third-order valence-electron chi connectivity index (χ3n) is 2.37. The zero-order chi connectivity index (χ0) is 10.6. The highest BCUT2D eigenvalue weighted by Gasteiger charge is 2.11. The van der Waals surface area contributed by atoms with Crippen molar-refractivity contribution >= 4 is 5.82 Å². The Morgan fingerprint density at radius 3 is 2.50 bits per heavy atom. The van der Waals surface area contributed by atoms with Crippen LogP contribution < -0.4 is 11.3 Å². The highest BCUT2D eigenvalue weighted by atomic mass is 15.3. The van der Waals surface area contributed by atoms with E-state index in [9.17, 15) is 0 Å². The summed E-state index contributed by atoms with van der Waals surface area (Å²) in [5.74, 6) is 7.35. The first-order valence-electron chi connectivity index (χ1n) is 5.03. The Morgan fingerprint density at radius 2 is 2.00 bits per heavy atom. The fourth-order valence-corrected chi connectivity index (χ4v) is 1.50. The normalized spacial score (nSPS) is 10.6. The number of aryl methyl sites for hydroxylation is 1. The summed E-state index contributed by atoms with van der Waals surface area (Å²) in [4.78, 5) is 8.76. The number of nitrogens with one attached hydrogen (secondary N) is 1. The van der Waals surface area contributed by atoms with E-state index in [0.717, 1.165) is 24.4 Å². The summed E-state index contributed by atoms with van der Waals surface area (Å²) < 4.78 is 0. The molecule has 78 valence electrons. The van der Waals surface area contributed by atoms with Gasteiger partial charge in [0.05, 0.1) is 0 Å². The van der Waals surface area contributed by atoms with Crippen LogP contribution in [-0.2, 0) is 0 Å². The van der Waals surface area contributed by atoms with Crippen LogP contribution in [0, 0.1) is 6.92 Å². The molecule has 1 aromatic heterocycles. The lowest BCUT2D eigenvalue weighted by Gasteiger charge is -2.12. The molecular formula is C10H18N4. The lowest BCUT2D eigenvalue weighted by atomic mass is 10.0. The first-order valence-corrected chi connectivity index (χ1v) is 5.03. The van der Waals surface area contributed by atoms with Crippen LogP contribution in [0.15, 0.2) is 6.07 Å². The van der Waals surface area contributed by atoms with Crippen LogP contribution >= 0.6 is 0 Å². The molecule has 4 nitrogen and oxygen atoms in total. The number of anilines is 1. The van der Waals surface area contributed by atoms with Gasteiger partial charge in [0.2, 0.25) is 0 Å². The predicted molar refractivity (Wildman–Crippen MR) is 57.9 cm³/mol. The number of aromatic nitrogens is 2. The largest absolute Gasteiger partial charge is 0.308 e. The Bertz CT molecular complexity index is 294. The van der Waals surface area contributed by atoms with E-state index in [1.165, 1.54) is 0 Å². The molecule has 0 bridgehead atoms. The third kappa shape index (κ3) is 2.42. The molecule has 0 aliphatic rings. The number of hydrogen-bond acceptors (Lipinski definition) is 4. The predicted octanol–water partition coefficient (Wildman–Crippen LogP) is 1.97. The summed E-state index contributed by atoms with van der Waals surface area (Å²) in [5, 5.41) is 0. The van der Waals surface area contributed by atoms with Crippen LogP contribution in [0.5, 0.6) is 0 Å². The van der Waals surface area contributed by atoms with E-state index in [-0.39, 0.29) is 0 Å². The van der Waals surface area contributed by atoms with Crippen LogP contribution in [0.2, 0.25) is 0 Å². The van der Waals surface area contributed by atoms with Crippen molar-refractivity contribution in [2.45, 2.75) is 39.5 Å². The maximum absolute atomic E-state index is 5.33. The second-order valence-electron chi connectivity index (χ2n) is 3.41. The summed E-state index contributed by atoms with van der Waals surface area (Å²) in [5.41, 5.74) is 3.51. The fraction of sp³-hybridized carbons (Fsp3) is 0.600. The number of nitrogens with zero attached hydrogens (tertiary/aromatic N) is 2. The van der Waals surface area contributed by atoms with Crippen LogP contribution in [0.3, 0.4) is 0 Å². The van der Waals surface area contributed by atoms with E-state index in [1.807, 2.05) is 13.0 Å². The van der Waals surface area contributed by atoms with Crippen molar-refractivity contribution in [2.75, 3.05) is 5.43 Å². The minimum absolute atomic E-state index is 0.432. The van der Waals surface area contributed by atoms with E-state index >= 15 is 0 Å². The van der Waals surface area contributed by atoms with E-state index < -0.39 is 0 Å². The van der Waals surface area contributed by atoms with Crippen LogP contribution in [-0.4, -0.2) is 9.97 Å². The molecule has 0 aromatic carbocycles. The average Bonchev–Trinajstić information content (AvgIpc) is 2.19. The van der Waals surface area contributed by atoms with Gasteiger partial charge in [-0.15, -0.1) is 0 Å². The highest BCUT2D eigenvalue weighted by Crippen LogP contribution is 2.20. The van der Waals surface area contributed by atoms with Gasteiger partial charge in [-0.05, 0) is 19.8 Å². The Hall–Kier alpha value is -1.16. The Kier molecular flexibility index (Phi) is 3.83. The standard InChI is InChI=1S/C10H18N4/c1-4-8(5-2)10-12-7(3)6-9(13-10)14-11/h6,8H,4-5,11H2,1-3H3,(H,12,13,14). The molecule has 0 fully saturated rings. The second kappa shape index (κ2) is 4.91. The Balaban J connectivity index is 3.01. The second-order valence-corrected chi connectivity index (χ2v) is 3.41. The van der Waals surface area contributed by atoms with Gasteiger partial charge < -0.3 is 5.43 Å². The van der Waals surface area contributed by atoms with Crippen molar-refractivity contribution in [3.63, 3.8) is 0 Å². The quantitative estimate of drug-likeness (QED) is 0.568. The topological polar surface area (TPSA) is 63.8 Å². The lowest BCUT2D eigenvalue weighted by molar-refractivity contribution is 0.600. The molecule has 0 radical (unpaired) electrons. The smallest absolute Gasteiger partial charge is 0.143 e. The summed E-state index contributed by atoms with van der Waals surface area (Å²) in [6.45, 7) is 6.25. The summed E-state index contributed by atoms with van der Waals surface area (Å²) in [6.07, 6.45) is 2.12. The molecule has 3 N–H and O–H groups in total. The molecule has 0 amide bonds. The van der Waals surface area contributed by atoms with Crippen LogP contribution in [0.4, 0.5) is 5.82 Å². The molecule has 1 rings (SSSR count). The number of nitrogen functional groups attached to an aromatic ring is 1. The van der Waals surface area contributed by atoms with Gasteiger partial charge in [-0.3, -0.25) is 0 Å². The van der Waals surface area contributed by atoms with Gasteiger partial charge in [0.1, 0.15) is 11.6 Å². The Morgan fingerprint density at radius 1 is 1.36 bits per heavy atom. The minimum atomic E-state index is 0.432. The van der Waals surface area contributed by atoms with Crippen molar-refractivity contribution in [1.82, 2.24) is 9.97 Å². The summed E-state index contributed by atoms with van der Waals surface area (Å²) in [6, 6.07) is 1.84. The first kappa shape index (κ1) is 10.9. The molecule has 0 spiro atoms. The maximum atomic E-state index is 5.33. The van der Waals surface area contributed by atoms with E-state index in [1.54, 1.807) is 0 Å². The van der Waals surface area contributed by atoms with Crippen molar-refractivity contribution < 1.29 is 0 Å². The first-order chi connectivity index (χ1) is 6.71. The van der Waals surface area contributed by atoms with Gasteiger partial charge in [-0.2, -0.15) is 0 Å². The molecule has 0 atom stereocenters. The van der Waals surface area contributed by atoms with Gasteiger partial charge in [-0.25, -0.2) is 15.8 Å². The van der Waals surface area contributed by atoms with Gasteiger partial charge in [0.25, 0.3) is 0 Å². The van der Waals surface area contributed by atoms with E-state index in [2.05, 4.69) is 29.2 Å². The monoisotopic (exact) mass is 194 g/mol. The zero-order valence-corrected chi connectivity index (χ0v) is 9.04. The van der Waals surface area contributed by atoms with Gasteiger partial charge in [-0.1, -0.05) is 13.8 Å². The number of rotatable bonds is 4. The van der Waals surface area contributed by atoms with Crippen molar-refractivity contribution in [3.05, 3.63) is 17.6 Å². The molecule has 0 unspecified atom stereocenters. The zero-order valence-electron chi connectivity index (χ0n) is 9.04. The third-order valence-corrected chi connectivity index (χ3v) is 2.37. The van der Waals surface area contributed by atoms with E-state index in [4.69, 9.17) is 5.84 Å². The van der Waals surface area contributed by atoms with Crippen LogP contribution in [0.1, 0.15) is 44.1 Å². The molecule has 0 saturated carbocycles. The molecule has 0 aliphatic carbocycles. The van der Waals surface area contributed by atoms with Gasteiger partial charge in [0, 0.05) is 17.7 Å². The maximum Gasteiger partial charge on any atom is 0.143 e. The molecule has 0 saturated heterocycles. The van der Waals surface area contributed by atoms with E-state index in [0.29, 0.717) is 11.7 Å². The highest BCUT2D eigenvalue weighted by molar-refractivity contribution is 5.34. The molecule has 1 aromatic rings. The molecule has 0 aliphatic heterocycles. The minimum Gasteiger partial charge on any atom is -0.308 e. The number of hydrogen-bond donors (Lipinski definition) is 2. The van der Waals surface area contributed by atoms with Crippen molar-refractivity contribution in [3.8, 4) is 0 Å². The number of hydrazine groups is 1. The van der Waals surface area contributed by atoms with Crippen LogP contribution in [0.25, 0.3) is 0 Å². The molecule has 1 heterocycles. The fourth-order valence-electron chi connectivity index (χ4n) is 1.50.